The van der Waals surface area contributed by atoms with Crippen LogP contribution in [0.3, 0.4) is 0 Å². The van der Waals surface area contributed by atoms with Gasteiger partial charge in [0.15, 0.2) is 0 Å². The zero-order valence-corrected chi connectivity index (χ0v) is 12.3. The number of rotatable bonds is 4. The zero-order chi connectivity index (χ0) is 14.7. The van der Waals surface area contributed by atoms with Crippen molar-refractivity contribution in [1.29, 1.82) is 0 Å². The minimum absolute atomic E-state index is 0.349. The highest BCUT2D eigenvalue weighted by Gasteiger charge is 2.42. The van der Waals surface area contributed by atoms with E-state index in [2.05, 4.69) is 6.58 Å². The summed E-state index contributed by atoms with van der Waals surface area (Å²) < 4.78 is 0. The number of carbonyl (C=O) groups is 2. The Morgan fingerprint density at radius 1 is 1.22 bits per heavy atom. The number of amides is 1. The SMILES string of the molecule is C=CCN(C(=O)C(C(=O)O)C(C)(C)C)C(C)(C)C. The minimum Gasteiger partial charge on any atom is -0.481 e. The lowest BCUT2D eigenvalue weighted by atomic mass is 9.79. The lowest BCUT2D eigenvalue weighted by Gasteiger charge is -2.39. The first-order valence-electron chi connectivity index (χ1n) is 6.08. The van der Waals surface area contributed by atoms with Gasteiger partial charge in [-0.1, -0.05) is 26.8 Å². The highest BCUT2D eigenvalue weighted by Crippen LogP contribution is 2.30. The van der Waals surface area contributed by atoms with E-state index in [0.29, 0.717) is 6.54 Å². The maximum absolute atomic E-state index is 12.5. The van der Waals surface area contributed by atoms with E-state index in [-0.39, 0.29) is 5.91 Å². The summed E-state index contributed by atoms with van der Waals surface area (Å²) in [5.74, 6) is -2.48. The van der Waals surface area contributed by atoms with Gasteiger partial charge in [0.05, 0.1) is 0 Å². The second kappa shape index (κ2) is 5.55. The number of carboxylic acids is 1. The van der Waals surface area contributed by atoms with E-state index >= 15 is 0 Å². The van der Waals surface area contributed by atoms with Crippen LogP contribution in [0.25, 0.3) is 0 Å². The van der Waals surface area contributed by atoms with Crippen molar-refractivity contribution in [3.63, 3.8) is 0 Å². The topological polar surface area (TPSA) is 57.6 Å². The van der Waals surface area contributed by atoms with Gasteiger partial charge in [0, 0.05) is 12.1 Å². The molecule has 0 aromatic rings. The largest absolute Gasteiger partial charge is 0.481 e. The smallest absolute Gasteiger partial charge is 0.316 e. The van der Waals surface area contributed by atoms with Crippen LogP contribution >= 0.6 is 0 Å². The van der Waals surface area contributed by atoms with Crippen LogP contribution < -0.4 is 0 Å². The van der Waals surface area contributed by atoms with Gasteiger partial charge in [-0.15, -0.1) is 6.58 Å². The van der Waals surface area contributed by atoms with Gasteiger partial charge >= 0.3 is 5.97 Å². The highest BCUT2D eigenvalue weighted by molar-refractivity contribution is 5.98. The van der Waals surface area contributed by atoms with E-state index in [0.717, 1.165) is 0 Å². The van der Waals surface area contributed by atoms with Gasteiger partial charge < -0.3 is 10.0 Å². The van der Waals surface area contributed by atoms with Crippen LogP contribution in [0.4, 0.5) is 0 Å². The molecule has 4 nitrogen and oxygen atoms in total. The summed E-state index contributed by atoms with van der Waals surface area (Å²) in [6, 6.07) is 0. The van der Waals surface area contributed by atoms with Gasteiger partial charge in [0.1, 0.15) is 5.92 Å². The van der Waals surface area contributed by atoms with Gasteiger partial charge in [0.2, 0.25) is 5.91 Å². The second-order valence-electron chi connectivity index (χ2n) is 6.55. The molecule has 0 rings (SSSR count). The Kier molecular flexibility index (Phi) is 5.14. The molecule has 0 aliphatic heterocycles. The summed E-state index contributed by atoms with van der Waals surface area (Å²) in [6.45, 7) is 14.9. The molecule has 0 heterocycles. The van der Waals surface area contributed by atoms with Crippen LogP contribution in [0.1, 0.15) is 41.5 Å². The van der Waals surface area contributed by atoms with Crippen LogP contribution in [0.15, 0.2) is 12.7 Å². The van der Waals surface area contributed by atoms with Gasteiger partial charge in [-0.3, -0.25) is 9.59 Å². The Morgan fingerprint density at radius 3 is 1.89 bits per heavy atom. The fraction of sp³-hybridized carbons (Fsp3) is 0.714. The summed E-state index contributed by atoms with van der Waals surface area (Å²) in [4.78, 5) is 25.4. The van der Waals surface area contributed by atoms with Gasteiger partial charge in [-0.2, -0.15) is 0 Å². The number of hydrogen-bond acceptors (Lipinski definition) is 2. The monoisotopic (exact) mass is 255 g/mol. The van der Waals surface area contributed by atoms with Crippen LogP contribution in [0.5, 0.6) is 0 Å². The van der Waals surface area contributed by atoms with E-state index in [1.165, 1.54) is 0 Å². The van der Waals surface area contributed by atoms with Crippen molar-refractivity contribution in [2.24, 2.45) is 11.3 Å². The third-order valence-electron chi connectivity index (χ3n) is 2.75. The van der Waals surface area contributed by atoms with E-state index in [4.69, 9.17) is 0 Å². The predicted molar refractivity (Wildman–Crippen MR) is 72.2 cm³/mol. The van der Waals surface area contributed by atoms with E-state index in [1.54, 1.807) is 31.7 Å². The Labute approximate surface area is 110 Å². The molecule has 1 amide bonds. The molecule has 0 aromatic carbocycles. The molecule has 18 heavy (non-hydrogen) atoms. The van der Waals surface area contributed by atoms with Crippen molar-refractivity contribution >= 4 is 11.9 Å². The van der Waals surface area contributed by atoms with E-state index < -0.39 is 22.8 Å². The summed E-state index contributed by atoms with van der Waals surface area (Å²) in [6.07, 6.45) is 1.62. The maximum Gasteiger partial charge on any atom is 0.316 e. The van der Waals surface area contributed by atoms with Crippen molar-refractivity contribution in [1.82, 2.24) is 4.90 Å². The minimum atomic E-state index is -1.08. The third kappa shape index (κ3) is 4.17. The Bertz CT molecular complexity index is 334. The Balaban J connectivity index is 5.41. The average Bonchev–Trinajstić information content (AvgIpc) is 2.08. The van der Waals surface area contributed by atoms with Crippen molar-refractivity contribution in [2.45, 2.75) is 47.1 Å². The standard InChI is InChI=1S/C14H25NO3/c1-8-9-15(14(5,6)7)11(16)10(12(17)18)13(2,3)4/h8,10H,1,9H2,2-7H3,(H,17,18). The van der Waals surface area contributed by atoms with Crippen molar-refractivity contribution in [2.75, 3.05) is 6.54 Å². The molecule has 0 aliphatic carbocycles. The van der Waals surface area contributed by atoms with Crippen LogP contribution in [-0.2, 0) is 9.59 Å². The molecule has 0 spiro atoms. The summed E-state index contributed by atoms with van der Waals surface area (Å²) in [7, 11) is 0. The quantitative estimate of drug-likeness (QED) is 0.620. The fourth-order valence-corrected chi connectivity index (χ4v) is 1.83. The fourth-order valence-electron chi connectivity index (χ4n) is 1.83. The molecular weight excluding hydrogens is 230 g/mol. The van der Waals surface area contributed by atoms with E-state index in [1.807, 2.05) is 20.8 Å². The summed E-state index contributed by atoms with van der Waals surface area (Å²) in [5.41, 5.74) is -1.04. The molecule has 1 atom stereocenters. The molecule has 1 N–H and O–H groups in total. The first-order chi connectivity index (χ1) is 7.92. The van der Waals surface area contributed by atoms with Crippen LogP contribution in [-0.4, -0.2) is 34.0 Å². The molecule has 4 heteroatoms. The van der Waals surface area contributed by atoms with Crippen molar-refractivity contribution in [3.05, 3.63) is 12.7 Å². The predicted octanol–water partition coefficient (Wildman–Crippen LogP) is 2.55. The van der Waals surface area contributed by atoms with Gasteiger partial charge in [0.25, 0.3) is 0 Å². The summed E-state index contributed by atoms with van der Waals surface area (Å²) >= 11 is 0. The molecule has 0 fully saturated rings. The molecule has 104 valence electrons. The molecule has 0 aromatic heterocycles. The van der Waals surface area contributed by atoms with Crippen molar-refractivity contribution < 1.29 is 14.7 Å². The highest BCUT2D eigenvalue weighted by atomic mass is 16.4. The third-order valence-corrected chi connectivity index (χ3v) is 2.75. The number of carboxylic acid groups (broad SMARTS) is 1. The Morgan fingerprint density at radius 2 is 1.67 bits per heavy atom. The van der Waals surface area contributed by atoms with Crippen LogP contribution in [0.2, 0.25) is 0 Å². The lowest BCUT2D eigenvalue weighted by molar-refractivity contribution is -0.158. The molecular formula is C14H25NO3. The normalized spacial score (nSPS) is 13.9. The van der Waals surface area contributed by atoms with Gasteiger partial charge in [-0.25, -0.2) is 0 Å². The first-order valence-corrected chi connectivity index (χ1v) is 6.08. The Hall–Kier alpha value is -1.32. The summed E-state index contributed by atoms with van der Waals surface area (Å²) in [5, 5.41) is 9.29. The molecule has 0 aliphatic rings. The lowest BCUT2D eigenvalue weighted by Crippen LogP contribution is -2.52. The van der Waals surface area contributed by atoms with E-state index in [9.17, 15) is 14.7 Å². The molecule has 0 saturated carbocycles. The van der Waals surface area contributed by atoms with Crippen LogP contribution in [0, 0.1) is 11.3 Å². The van der Waals surface area contributed by atoms with Gasteiger partial charge in [-0.05, 0) is 26.2 Å². The zero-order valence-electron chi connectivity index (χ0n) is 12.3. The average molecular weight is 255 g/mol. The molecule has 0 radical (unpaired) electrons. The number of aliphatic carboxylic acids is 1. The molecule has 0 bridgehead atoms. The number of hydrogen-bond donors (Lipinski definition) is 1. The maximum atomic E-state index is 12.5. The number of nitrogens with zero attached hydrogens (tertiary/aromatic N) is 1. The number of carbonyl (C=O) groups excluding carboxylic acids is 1. The van der Waals surface area contributed by atoms with Crippen molar-refractivity contribution in [3.8, 4) is 0 Å². The molecule has 0 saturated heterocycles. The second-order valence-corrected chi connectivity index (χ2v) is 6.55. The molecule has 1 unspecified atom stereocenters. The first kappa shape index (κ1) is 16.7.